The van der Waals surface area contributed by atoms with E-state index in [1.807, 2.05) is 0 Å². The third-order valence-electron chi connectivity index (χ3n) is 2.71. The lowest BCUT2D eigenvalue weighted by Gasteiger charge is -2.19. The summed E-state index contributed by atoms with van der Waals surface area (Å²) in [6.07, 6.45) is 5.19. The second-order valence-corrected chi connectivity index (χ2v) is 4.14. The normalized spacial score (nSPS) is 12.9. The fourth-order valence-corrected chi connectivity index (χ4v) is 1.67. The molecule has 0 saturated carbocycles. The number of hydrogen-bond acceptors (Lipinski definition) is 2. The smallest absolute Gasteiger partial charge is 0.155 e. The molecule has 1 unspecified atom stereocenters. The third-order valence-corrected chi connectivity index (χ3v) is 2.71. The van der Waals surface area contributed by atoms with Crippen molar-refractivity contribution in [3.8, 4) is 0 Å². The van der Waals surface area contributed by atoms with Gasteiger partial charge in [-0.05, 0) is 43.7 Å². The Morgan fingerprint density at radius 2 is 2.07 bits per heavy atom. The van der Waals surface area contributed by atoms with Crippen molar-refractivity contribution in [3.05, 3.63) is 12.7 Å². The van der Waals surface area contributed by atoms with E-state index < -0.39 is 0 Å². The van der Waals surface area contributed by atoms with Gasteiger partial charge in [-0.3, -0.25) is 4.79 Å². The lowest BCUT2D eigenvalue weighted by Crippen LogP contribution is -2.14. The summed E-state index contributed by atoms with van der Waals surface area (Å²) in [7, 11) is 0. The molecule has 14 heavy (non-hydrogen) atoms. The van der Waals surface area contributed by atoms with E-state index in [4.69, 9.17) is 5.73 Å². The van der Waals surface area contributed by atoms with Gasteiger partial charge in [-0.25, -0.2) is 0 Å². The van der Waals surface area contributed by atoms with Crippen LogP contribution >= 0.6 is 0 Å². The molecule has 0 aromatic rings. The fourth-order valence-electron chi connectivity index (χ4n) is 1.67. The largest absolute Gasteiger partial charge is 0.330 e. The molecule has 0 aromatic heterocycles. The van der Waals surface area contributed by atoms with Crippen molar-refractivity contribution >= 4 is 5.78 Å². The maximum atomic E-state index is 11.0. The van der Waals surface area contributed by atoms with E-state index >= 15 is 0 Å². The van der Waals surface area contributed by atoms with Gasteiger partial charge in [0.25, 0.3) is 0 Å². The zero-order chi connectivity index (χ0) is 11.0. The van der Waals surface area contributed by atoms with Crippen LogP contribution in [0.15, 0.2) is 12.7 Å². The van der Waals surface area contributed by atoms with Crippen LogP contribution in [0.5, 0.6) is 0 Å². The summed E-state index contributed by atoms with van der Waals surface area (Å²) in [6, 6.07) is 0. The molecular formula is C12H23NO. The Morgan fingerprint density at radius 3 is 2.50 bits per heavy atom. The number of carbonyl (C=O) groups is 1. The van der Waals surface area contributed by atoms with E-state index in [0.717, 1.165) is 25.8 Å². The van der Waals surface area contributed by atoms with Gasteiger partial charge in [0.2, 0.25) is 0 Å². The minimum Gasteiger partial charge on any atom is -0.330 e. The summed E-state index contributed by atoms with van der Waals surface area (Å²) in [5, 5.41) is 0. The van der Waals surface area contributed by atoms with E-state index in [-0.39, 0.29) is 5.78 Å². The first-order valence-electron chi connectivity index (χ1n) is 5.47. The lowest BCUT2D eigenvalue weighted by molar-refractivity contribution is -0.114. The molecule has 0 fully saturated rings. The zero-order valence-corrected chi connectivity index (χ0v) is 9.46. The summed E-state index contributed by atoms with van der Waals surface area (Å²) >= 11 is 0. The first-order valence-corrected chi connectivity index (χ1v) is 5.47. The molecule has 0 radical (unpaired) electrons. The number of rotatable bonds is 8. The Bertz CT molecular complexity index is 175. The maximum Gasteiger partial charge on any atom is 0.155 e. The van der Waals surface area contributed by atoms with E-state index in [1.165, 1.54) is 6.08 Å². The molecule has 2 N–H and O–H groups in total. The summed E-state index contributed by atoms with van der Waals surface area (Å²) in [5.41, 5.74) is 5.54. The first-order chi connectivity index (χ1) is 6.61. The number of ketones is 1. The zero-order valence-electron chi connectivity index (χ0n) is 9.46. The molecule has 0 bridgehead atoms. The van der Waals surface area contributed by atoms with Crippen LogP contribution in [0.1, 0.15) is 39.5 Å². The average molecular weight is 197 g/mol. The molecule has 0 amide bonds. The fraction of sp³-hybridized carbons (Fsp3) is 0.750. The van der Waals surface area contributed by atoms with Crippen molar-refractivity contribution in [1.29, 1.82) is 0 Å². The molecule has 0 rings (SSSR count). The number of carbonyl (C=O) groups excluding carboxylic acids is 1. The molecule has 1 atom stereocenters. The lowest BCUT2D eigenvalue weighted by atomic mass is 9.87. The Kier molecular flexibility index (Phi) is 7.40. The van der Waals surface area contributed by atoms with Gasteiger partial charge in [0, 0.05) is 6.42 Å². The molecule has 0 aliphatic heterocycles. The van der Waals surface area contributed by atoms with Crippen LogP contribution in [-0.4, -0.2) is 12.3 Å². The maximum absolute atomic E-state index is 11.0. The monoisotopic (exact) mass is 197 g/mol. The van der Waals surface area contributed by atoms with Crippen LogP contribution in [0.3, 0.4) is 0 Å². The highest BCUT2D eigenvalue weighted by molar-refractivity contribution is 5.88. The minimum absolute atomic E-state index is 0.153. The summed E-state index contributed by atoms with van der Waals surface area (Å²) in [5.74, 6) is 1.48. The molecule has 82 valence electrons. The number of nitrogens with two attached hydrogens (primary N) is 1. The average Bonchev–Trinajstić information content (AvgIpc) is 2.16. The van der Waals surface area contributed by atoms with Crippen molar-refractivity contribution in [1.82, 2.24) is 0 Å². The Labute approximate surface area is 87.6 Å². The van der Waals surface area contributed by atoms with Gasteiger partial charge in [0.15, 0.2) is 5.78 Å². The van der Waals surface area contributed by atoms with Crippen LogP contribution in [0, 0.1) is 11.8 Å². The number of allylic oxidation sites excluding steroid dienone is 1. The van der Waals surface area contributed by atoms with Crippen molar-refractivity contribution in [3.63, 3.8) is 0 Å². The van der Waals surface area contributed by atoms with Crippen molar-refractivity contribution in [2.24, 2.45) is 17.6 Å². The Balaban J connectivity index is 3.70. The van der Waals surface area contributed by atoms with E-state index in [1.54, 1.807) is 0 Å². The molecule has 0 aromatic carbocycles. The van der Waals surface area contributed by atoms with Gasteiger partial charge in [-0.15, -0.1) is 0 Å². The molecular weight excluding hydrogens is 174 g/mol. The van der Waals surface area contributed by atoms with E-state index in [0.29, 0.717) is 18.3 Å². The molecule has 2 nitrogen and oxygen atoms in total. The highest BCUT2D eigenvalue weighted by atomic mass is 16.1. The quantitative estimate of drug-likeness (QED) is 0.608. The predicted molar refractivity (Wildman–Crippen MR) is 61.1 cm³/mol. The molecule has 0 aliphatic rings. The van der Waals surface area contributed by atoms with Gasteiger partial charge in [-0.1, -0.05) is 20.4 Å². The van der Waals surface area contributed by atoms with E-state index in [2.05, 4.69) is 20.4 Å². The second-order valence-electron chi connectivity index (χ2n) is 4.14. The second kappa shape index (κ2) is 7.74. The van der Waals surface area contributed by atoms with Crippen LogP contribution in [0.2, 0.25) is 0 Å². The van der Waals surface area contributed by atoms with Crippen LogP contribution < -0.4 is 5.73 Å². The first kappa shape index (κ1) is 13.4. The SMILES string of the molecule is C=CC(=O)CCCC(CCN)C(C)C. The van der Waals surface area contributed by atoms with E-state index in [9.17, 15) is 4.79 Å². The Morgan fingerprint density at radius 1 is 1.43 bits per heavy atom. The molecule has 0 heterocycles. The summed E-state index contributed by atoms with van der Waals surface area (Å²) in [6.45, 7) is 8.64. The third kappa shape index (κ3) is 5.92. The van der Waals surface area contributed by atoms with Gasteiger partial charge in [0.05, 0.1) is 0 Å². The summed E-state index contributed by atoms with van der Waals surface area (Å²) < 4.78 is 0. The van der Waals surface area contributed by atoms with Gasteiger partial charge in [0.1, 0.15) is 0 Å². The van der Waals surface area contributed by atoms with Crippen molar-refractivity contribution < 1.29 is 4.79 Å². The Hall–Kier alpha value is -0.630. The minimum atomic E-state index is 0.153. The van der Waals surface area contributed by atoms with Crippen LogP contribution in [-0.2, 0) is 4.79 Å². The topological polar surface area (TPSA) is 43.1 Å². The van der Waals surface area contributed by atoms with Gasteiger partial charge in [-0.2, -0.15) is 0 Å². The standard InChI is InChI=1S/C12H23NO/c1-4-12(14)7-5-6-11(8-9-13)10(2)3/h4,10-11H,1,5-9,13H2,2-3H3. The van der Waals surface area contributed by atoms with Crippen LogP contribution in [0.25, 0.3) is 0 Å². The van der Waals surface area contributed by atoms with Crippen LogP contribution in [0.4, 0.5) is 0 Å². The molecule has 0 saturated heterocycles. The molecule has 0 aliphatic carbocycles. The van der Waals surface area contributed by atoms with Crippen molar-refractivity contribution in [2.75, 3.05) is 6.54 Å². The number of hydrogen-bond donors (Lipinski definition) is 1. The predicted octanol–water partition coefficient (Wildman–Crippen LogP) is 2.53. The van der Waals surface area contributed by atoms with Gasteiger partial charge >= 0.3 is 0 Å². The summed E-state index contributed by atoms with van der Waals surface area (Å²) in [4.78, 5) is 11.0. The molecule has 2 heteroatoms. The molecule has 0 spiro atoms. The highest BCUT2D eigenvalue weighted by Crippen LogP contribution is 2.21. The highest BCUT2D eigenvalue weighted by Gasteiger charge is 2.12. The van der Waals surface area contributed by atoms with Crippen molar-refractivity contribution in [2.45, 2.75) is 39.5 Å². The van der Waals surface area contributed by atoms with Gasteiger partial charge < -0.3 is 5.73 Å².